The topological polar surface area (TPSA) is 250 Å². The van der Waals surface area contributed by atoms with Gasteiger partial charge >= 0.3 is 6.18 Å². The molecule has 4 aliphatic carbocycles. The van der Waals surface area contributed by atoms with Crippen LogP contribution in [0, 0.1) is 41.4 Å². The number of nitrogens with zero attached hydrogens (tertiary/aromatic N) is 8. The van der Waals surface area contributed by atoms with E-state index in [0.717, 1.165) is 59.6 Å². The number of rotatable bonds is 10. The summed E-state index contributed by atoms with van der Waals surface area (Å²) in [6, 6.07) is -8.93. The van der Waals surface area contributed by atoms with E-state index in [-0.39, 0.29) is 82.0 Å². The van der Waals surface area contributed by atoms with E-state index in [0.29, 0.717) is 36.5 Å². The van der Waals surface area contributed by atoms with Crippen LogP contribution in [0.3, 0.4) is 0 Å². The zero-order valence-corrected chi connectivity index (χ0v) is 59.6. The molecule has 0 aromatic heterocycles. The molecule has 2 heterocycles. The Morgan fingerprint density at radius 2 is 1.21 bits per heavy atom. The van der Waals surface area contributed by atoms with Gasteiger partial charge < -0.3 is 55.1 Å². The van der Waals surface area contributed by atoms with E-state index in [1.165, 1.54) is 68.9 Å². The van der Waals surface area contributed by atoms with Gasteiger partial charge in [0.2, 0.25) is 65.0 Å². The summed E-state index contributed by atoms with van der Waals surface area (Å²) in [5.41, 5.74) is -1.71. The molecular formula is C68H109ClF5N11O11. The number of nitrogens with one attached hydrogen (secondary N) is 3. The second-order valence-electron chi connectivity index (χ2n) is 29.8. The summed E-state index contributed by atoms with van der Waals surface area (Å²) < 4.78 is 73.9. The highest BCUT2D eigenvalue weighted by molar-refractivity contribution is 6.20. The van der Waals surface area contributed by atoms with Crippen LogP contribution in [0.4, 0.5) is 22.0 Å². The van der Waals surface area contributed by atoms with E-state index in [9.17, 15) is 51.5 Å². The number of alkyl halides is 6. The zero-order valence-electron chi connectivity index (χ0n) is 58.9. The van der Waals surface area contributed by atoms with Crippen LogP contribution in [0.1, 0.15) is 183 Å². The normalized spacial score (nSPS) is 31.7. The average Bonchev–Trinajstić information content (AvgIpc) is 1.05. The lowest BCUT2D eigenvalue weighted by Crippen LogP contribution is -2.68. The number of hydrogen-bond acceptors (Lipinski definition) is 11. The Morgan fingerprint density at radius 3 is 1.78 bits per heavy atom. The van der Waals surface area contributed by atoms with Crippen LogP contribution < -0.4 is 16.0 Å². The molecule has 3 N–H and O–H groups in total. The molecule has 96 heavy (non-hydrogen) atoms. The minimum Gasteiger partial charge on any atom is -0.343 e. The number of likely N-dealkylation sites (N-methyl/N-ethyl adjacent to an activating group) is 7. The predicted octanol–water partition coefficient (Wildman–Crippen LogP) is 6.59. The summed E-state index contributed by atoms with van der Waals surface area (Å²) >= 11 is 6.33. The van der Waals surface area contributed by atoms with Crippen LogP contribution in [0.15, 0.2) is 0 Å². The molecule has 11 amide bonds. The monoisotopic (exact) mass is 1390 g/mol. The Bertz CT molecular complexity index is 2780. The number of carbonyl (C=O) groups excluding carboxylic acids is 11. The van der Waals surface area contributed by atoms with Crippen molar-refractivity contribution in [1.82, 2.24) is 55.1 Å². The molecule has 6 fully saturated rings. The molecular weight excluding hydrogens is 1280 g/mol. The summed E-state index contributed by atoms with van der Waals surface area (Å²) in [5.74, 6) is -14.6. The van der Waals surface area contributed by atoms with E-state index < -0.39 is 181 Å². The molecule has 28 heteroatoms. The van der Waals surface area contributed by atoms with Crippen LogP contribution in [-0.4, -0.2) is 245 Å². The molecule has 1 spiro atoms. The fourth-order valence-corrected chi connectivity index (χ4v) is 15.6. The molecule has 2 saturated heterocycles. The highest BCUT2D eigenvalue weighted by Gasteiger charge is 2.56. The lowest BCUT2D eigenvalue weighted by Gasteiger charge is -2.47. The van der Waals surface area contributed by atoms with Crippen molar-refractivity contribution in [3.8, 4) is 0 Å². The Hall–Kier alpha value is -5.89. The first-order valence-electron chi connectivity index (χ1n) is 34.9. The molecule has 0 aromatic carbocycles. The fourth-order valence-electron chi connectivity index (χ4n) is 15.1. The van der Waals surface area contributed by atoms with Crippen LogP contribution in [0.5, 0.6) is 0 Å². The average molecular weight is 1390 g/mol. The standard InChI is InChI=1S/C68H109ClF5N11O11/c1-14-42(5)57-63(94)80(9)37-55(88)78(7)38-56(89)83(12)51(34-45-23-21-41(4)22-24-45)62(93)79(8)36-53(86)75-49(28-26-44-25-27-47(48(69)33-44)68(72,73)74)61(92)85-39-67(70,71)35-52(85)60(91)77-66(29-18-30-66)65(96)84(13)58(46-19-16-15-17-20-46)64(95)81(10)43(6)32-54(87)82(11)50(31-40(2)3)59(90)76-57/h40-52,57-58H,14-39H2,1-13H3,(H,75,86)(H,76,90)(H,77,91)/t41?,42-,43+,44?,45?,47?,48?,49-,50-,51-,52-,57-,58-/m0/s1. The maximum atomic E-state index is 16.0. The molecule has 4 saturated carbocycles. The molecule has 11 atom stereocenters. The minimum atomic E-state index is -4.57. The van der Waals surface area contributed by atoms with Crippen molar-refractivity contribution in [1.29, 1.82) is 0 Å². The highest BCUT2D eigenvalue weighted by Crippen LogP contribution is 2.44. The minimum absolute atomic E-state index is 0.000587. The maximum absolute atomic E-state index is 16.0. The van der Waals surface area contributed by atoms with E-state index in [4.69, 9.17) is 11.6 Å². The summed E-state index contributed by atoms with van der Waals surface area (Å²) in [7, 11) is 9.90. The highest BCUT2D eigenvalue weighted by atomic mass is 35.5. The number of amides is 11. The smallest absolute Gasteiger partial charge is 0.343 e. The molecule has 0 bridgehead atoms. The van der Waals surface area contributed by atoms with Crippen molar-refractivity contribution in [3.63, 3.8) is 0 Å². The van der Waals surface area contributed by atoms with Gasteiger partial charge in [-0.15, -0.1) is 11.6 Å². The molecule has 2 aliphatic heterocycles. The van der Waals surface area contributed by atoms with Crippen molar-refractivity contribution in [2.45, 2.75) is 248 Å². The summed E-state index contributed by atoms with van der Waals surface area (Å²) in [4.78, 5) is 171. The summed E-state index contributed by atoms with van der Waals surface area (Å²) in [5, 5.41) is 6.95. The Labute approximate surface area is 569 Å². The first-order valence-corrected chi connectivity index (χ1v) is 35.3. The third kappa shape index (κ3) is 19.9. The van der Waals surface area contributed by atoms with E-state index >= 15 is 23.2 Å². The van der Waals surface area contributed by atoms with Crippen LogP contribution >= 0.6 is 11.6 Å². The fraction of sp³-hybridized carbons (Fsp3) is 0.838. The van der Waals surface area contributed by atoms with Crippen molar-refractivity contribution in [3.05, 3.63) is 0 Å². The SMILES string of the molecule is CC[C@H](C)[C@@H]1NC(=O)[C@H](CC(C)C)N(C)C(=O)C[C@@H](C)N(C)C(=O)[C@H](C2CCCCC2)N(C)C(=O)C2(CCC2)NC(=O)[C@@H]2CC(F)(F)CN2C(=O)[C@H](CCC2CCC(C(F)(F)F)C(Cl)C2)NC(=O)CN(C)C(=O)[C@H](CC2CCC(C)CC2)N(C)C(=O)CN(C)C(=O)CN(C)C1=O. The van der Waals surface area contributed by atoms with Gasteiger partial charge in [0.1, 0.15) is 41.8 Å². The molecule has 22 nitrogen and oxygen atoms in total. The molecule has 0 radical (unpaired) electrons. The lowest BCUT2D eigenvalue weighted by atomic mass is 9.74. The van der Waals surface area contributed by atoms with Crippen molar-refractivity contribution in [2.75, 3.05) is 75.5 Å². The van der Waals surface area contributed by atoms with Gasteiger partial charge in [-0.1, -0.05) is 86.0 Å². The molecule has 6 rings (SSSR count). The maximum Gasteiger partial charge on any atom is 0.393 e. The third-order valence-corrected chi connectivity index (χ3v) is 22.5. The Kier molecular flexibility index (Phi) is 27.8. The molecule has 0 aromatic rings. The first-order chi connectivity index (χ1) is 44.8. The van der Waals surface area contributed by atoms with Gasteiger partial charge in [0.05, 0.1) is 32.1 Å². The number of carbonyl (C=O) groups is 11. The molecule has 3 unspecified atom stereocenters. The molecule has 544 valence electrons. The second-order valence-corrected chi connectivity index (χ2v) is 30.4. The largest absolute Gasteiger partial charge is 0.393 e. The van der Waals surface area contributed by atoms with Gasteiger partial charge in [-0.25, -0.2) is 8.78 Å². The number of hydrogen-bond donors (Lipinski definition) is 3. The van der Waals surface area contributed by atoms with Gasteiger partial charge in [-0.2, -0.15) is 13.2 Å². The van der Waals surface area contributed by atoms with Gasteiger partial charge in [0.15, 0.2) is 0 Å². The van der Waals surface area contributed by atoms with Crippen LogP contribution in [0.2, 0.25) is 0 Å². The van der Waals surface area contributed by atoms with Gasteiger partial charge in [-0.3, -0.25) is 52.7 Å². The van der Waals surface area contributed by atoms with Crippen molar-refractivity contribution >= 4 is 76.6 Å². The predicted molar refractivity (Wildman–Crippen MR) is 350 cm³/mol. The number of fused-ring (bicyclic) bond motifs is 1. The van der Waals surface area contributed by atoms with Gasteiger partial charge in [-0.05, 0) is 119 Å². The van der Waals surface area contributed by atoms with Crippen molar-refractivity contribution in [2.24, 2.45) is 41.4 Å². The van der Waals surface area contributed by atoms with E-state index in [2.05, 4.69) is 22.9 Å². The van der Waals surface area contributed by atoms with Crippen molar-refractivity contribution < 1.29 is 74.7 Å². The summed E-state index contributed by atoms with van der Waals surface area (Å²) in [6.45, 7) is 8.05. The molecule has 6 aliphatic rings. The van der Waals surface area contributed by atoms with Crippen LogP contribution in [0.25, 0.3) is 0 Å². The van der Waals surface area contributed by atoms with E-state index in [1.54, 1.807) is 13.8 Å². The van der Waals surface area contributed by atoms with Crippen LogP contribution in [-0.2, 0) is 52.7 Å². The Morgan fingerprint density at radius 1 is 0.615 bits per heavy atom. The summed E-state index contributed by atoms with van der Waals surface area (Å²) in [6.07, 6.45) is 1.29. The lowest BCUT2D eigenvalue weighted by molar-refractivity contribution is -0.182. The third-order valence-electron chi connectivity index (χ3n) is 22.0. The number of halogens is 6. The Balaban J connectivity index is 1.39. The van der Waals surface area contributed by atoms with Gasteiger partial charge in [0.25, 0.3) is 5.92 Å². The second kappa shape index (κ2) is 33.8. The van der Waals surface area contributed by atoms with Gasteiger partial charge in [0, 0.05) is 73.6 Å². The zero-order chi connectivity index (χ0) is 71.6. The first kappa shape index (κ1) is 79.1. The quantitative estimate of drug-likeness (QED) is 0.155. The van der Waals surface area contributed by atoms with E-state index in [1.807, 2.05) is 20.8 Å².